The largest absolute Gasteiger partial charge is 0.508 e. The minimum atomic E-state index is 0.409. The highest BCUT2D eigenvalue weighted by Crippen LogP contribution is 2.31. The van der Waals surface area contributed by atoms with Gasteiger partial charge in [0.25, 0.3) is 0 Å². The molecule has 1 aliphatic rings. The molecule has 0 heterocycles. The highest BCUT2D eigenvalue weighted by atomic mass is 16.3. The number of hydrogen-bond donors (Lipinski definition) is 1. The van der Waals surface area contributed by atoms with Crippen LogP contribution in [-0.2, 0) is 0 Å². The summed E-state index contributed by atoms with van der Waals surface area (Å²) in [5, 5.41) is 9.79. The van der Waals surface area contributed by atoms with Gasteiger partial charge in [-0.15, -0.1) is 0 Å². The van der Waals surface area contributed by atoms with Crippen molar-refractivity contribution in [2.45, 2.75) is 38.0 Å². The maximum atomic E-state index is 9.79. The highest BCUT2D eigenvalue weighted by Gasteiger charge is 2.12. The van der Waals surface area contributed by atoms with Crippen molar-refractivity contribution in [3.05, 3.63) is 42.0 Å². The first-order valence-electron chi connectivity index (χ1n) is 5.82. The summed E-state index contributed by atoms with van der Waals surface area (Å²) in [4.78, 5) is 0. The second-order valence-electron chi connectivity index (χ2n) is 4.23. The van der Waals surface area contributed by atoms with E-state index >= 15 is 0 Å². The summed E-state index contributed by atoms with van der Waals surface area (Å²) < 4.78 is 0. The number of aromatic hydroxyl groups is 1. The van der Waals surface area contributed by atoms with Crippen molar-refractivity contribution in [1.82, 2.24) is 0 Å². The van der Waals surface area contributed by atoms with Crippen molar-refractivity contribution in [3.63, 3.8) is 0 Å². The van der Waals surface area contributed by atoms with Crippen LogP contribution < -0.4 is 0 Å². The smallest absolute Gasteiger partial charge is 0.119 e. The Morgan fingerprint density at radius 3 is 2.80 bits per heavy atom. The molecule has 0 saturated carbocycles. The minimum Gasteiger partial charge on any atom is -0.508 e. The van der Waals surface area contributed by atoms with E-state index in [1.807, 2.05) is 18.2 Å². The second kappa shape index (κ2) is 5.01. The Hall–Kier alpha value is -1.24. The predicted molar refractivity (Wildman–Crippen MR) is 63.1 cm³/mol. The van der Waals surface area contributed by atoms with Gasteiger partial charge < -0.3 is 5.11 Å². The molecule has 1 nitrogen and oxygen atoms in total. The number of rotatable bonds is 1. The van der Waals surface area contributed by atoms with Gasteiger partial charge in [-0.05, 0) is 25.3 Å². The average molecular weight is 202 g/mol. The first-order valence-corrected chi connectivity index (χ1v) is 5.82. The van der Waals surface area contributed by atoms with E-state index in [0.29, 0.717) is 11.7 Å². The Bertz CT molecular complexity index is 341. The maximum absolute atomic E-state index is 9.79. The summed E-state index contributed by atoms with van der Waals surface area (Å²) >= 11 is 0. The molecule has 2 rings (SSSR count). The van der Waals surface area contributed by atoms with Crippen LogP contribution in [0.3, 0.4) is 0 Å². The fraction of sp³-hybridized carbons (Fsp3) is 0.429. The zero-order valence-electron chi connectivity index (χ0n) is 9.02. The summed E-state index contributed by atoms with van der Waals surface area (Å²) in [7, 11) is 0. The van der Waals surface area contributed by atoms with Gasteiger partial charge in [-0.1, -0.05) is 43.2 Å². The van der Waals surface area contributed by atoms with Crippen LogP contribution in [0.4, 0.5) is 0 Å². The van der Waals surface area contributed by atoms with E-state index in [0.717, 1.165) is 12.0 Å². The standard InChI is InChI=1S/C14H18O/c15-14-11-7-6-10-13(14)12-8-4-2-1-3-5-9-12/h4,6-8,10-12,15H,1-3,5,9H2/b8-4-. The summed E-state index contributed by atoms with van der Waals surface area (Å²) in [6, 6.07) is 7.70. The van der Waals surface area contributed by atoms with Gasteiger partial charge >= 0.3 is 0 Å². The van der Waals surface area contributed by atoms with Gasteiger partial charge in [0.05, 0.1) is 0 Å². The number of hydrogen-bond acceptors (Lipinski definition) is 1. The second-order valence-corrected chi connectivity index (χ2v) is 4.23. The van der Waals surface area contributed by atoms with Gasteiger partial charge in [-0.3, -0.25) is 0 Å². The number of phenolic OH excluding ortho intramolecular Hbond substituents is 1. The van der Waals surface area contributed by atoms with E-state index in [4.69, 9.17) is 0 Å². The topological polar surface area (TPSA) is 20.2 Å². The van der Waals surface area contributed by atoms with Crippen LogP contribution in [0, 0.1) is 0 Å². The molecule has 0 amide bonds. The summed E-state index contributed by atoms with van der Waals surface area (Å²) in [5.41, 5.74) is 1.08. The Balaban J connectivity index is 2.20. The number of phenols is 1. The van der Waals surface area contributed by atoms with E-state index in [-0.39, 0.29) is 0 Å². The van der Waals surface area contributed by atoms with Crippen LogP contribution in [0.2, 0.25) is 0 Å². The molecule has 1 atom stereocenters. The first-order chi connectivity index (χ1) is 7.38. The van der Waals surface area contributed by atoms with Crippen LogP contribution in [0.5, 0.6) is 5.75 Å². The summed E-state index contributed by atoms with van der Waals surface area (Å²) in [6.07, 6.45) is 10.8. The Morgan fingerprint density at radius 2 is 1.93 bits per heavy atom. The van der Waals surface area contributed by atoms with Gasteiger partial charge in [-0.2, -0.15) is 0 Å². The average Bonchev–Trinajstić information content (AvgIpc) is 2.19. The molecular formula is C14H18O. The Labute approximate surface area is 91.4 Å². The van der Waals surface area contributed by atoms with Crippen molar-refractivity contribution in [2.24, 2.45) is 0 Å². The van der Waals surface area contributed by atoms with Gasteiger partial charge in [0, 0.05) is 11.5 Å². The fourth-order valence-electron chi connectivity index (χ4n) is 2.22. The quantitative estimate of drug-likeness (QED) is 0.682. The zero-order valence-corrected chi connectivity index (χ0v) is 9.02. The van der Waals surface area contributed by atoms with Crippen LogP contribution >= 0.6 is 0 Å². The maximum Gasteiger partial charge on any atom is 0.119 e. The molecule has 0 fully saturated rings. The van der Waals surface area contributed by atoms with E-state index in [2.05, 4.69) is 12.2 Å². The zero-order chi connectivity index (χ0) is 10.5. The lowest BCUT2D eigenvalue weighted by atomic mass is 9.90. The van der Waals surface area contributed by atoms with Crippen molar-refractivity contribution in [3.8, 4) is 5.75 Å². The molecule has 0 aliphatic heterocycles. The molecule has 0 saturated heterocycles. The molecule has 0 radical (unpaired) electrons. The van der Waals surface area contributed by atoms with Gasteiger partial charge in [-0.25, -0.2) is 0 Å². The van der Waals surface area contributed by atoms with Crippen LogP contribution in [0.25, 0.3) is 0 Å². The molecule has 0 bridgehead atoms. The minimum absolute atomic E-state index is 0.409. The monoisotopic (exact) mass is 202 g/mol. The lowest BCUT2D eigenvalue weighted by Crippen LogP contribution is -1.98. The van der Waals surface area contributed by atoms with Crippen LogP contribution in [0.15, 0.2) is 36.4 Å². The molecule has 1 heteroatoms. The third-order valence-electron chi connectivity index (χ3n) is 3.09. The van der Waals surface area contributed by atoms with E-state index in [1.54, 1.807) is 6.07 Å². The highest BCUT2D eigenvalue weighted by molar-refractivity contribution is 5.37. The van der Waals surface area contributed by atoms with E-state index < -0.39 is 0 Å². The first kappa shape index (κ1) is 10.3. The number of para-hydroxylation sites is 1. The SMILES string of the molecule is Oc1ccccc1C1/C=C\CCCCC1. The van der Waals surface area contributed by atoms with E-state index in [9.17, 15) is 5.11 Å². The third kappa shape index (κ3) is 2.62. The van der Waals surface area contributed by atoms with Crippen molar-refractivity contribution >= 4 is 0 Å². The van der Waals surface area contributed by atoms with E-state index in [1.165, 1.54) is 25.7 Å². The lowest BCUT2D eigenvalue weighted by Gasteiger charge is -2.16. The molecule has 0 aromatic heterocycles. The fourth-order valence-corrected chi connectivity index (χ4v) is 2.22. The molecule has 15 heavy (non-hydrogen) atoms. The normalized spacial score (nSPS) is 24.1. The Kier molecular flexibility index (Phi) is 3.44. The van der Waals surface area contributed by atoms with Crippen molar-refractivity contribution in [2.75, 3.05) is 0 Å². The summed E-state index contributed by atoms with van der Waals surface area (Å²) in [5.74, 6) is 0.847. The number of allylic oxidation sites excluding steroid dienone is 2. The summed E-state index contributed by atoms with van der Waals surface area (Å²) in [6.45, 7) is 0. The van der Waals surface area contributed by atoms with Crippen molar-refractivity contribution < 1.29 is 5.11 Å². The molecule has 1 N–H and O–H groups in total. The van der Waals surface area contributed by atoms with Crippen LogP contribution in [-0.4, -0.2) is 5.11 Å². The molecule has 1 aromatic carbocycles. The van der Waals surface area contributed by atoms with Crippen molar-refractivity contribution in [1.29, 1.82) is 0 Å². The van der Waals surface area contributed by atoms with Gasteiger partial charge in [0.2, 0.25) is 0 Å². The third-order valence-corrected chi connectivity index (χ3v) is 3.09. The molecule has 1 aromatic rings. The molecule has 1 unspecified atom stereocenters. The predicted octanol–water partition coefficient (Wildman–Crippen LogP) is 4.00. The Morgan fingerprint density at radius 1 is 1.07 bits per heavy atom. The van der Waals surface area contributed by atoms with Gasteiger partial charge in [0.15, 0.2) is 0 Å². The number of benzene rings is 1. The van der Waals surface area contributed by atoms with Gasteiger partial charge in [0.1, 0.15) is 5.75 Å². The molecular weight excluding hydrogens is 184 g/mol. The molecule has 80 valence electrons. The van der Waals surface area contributed by atoms with Crippen LogP contribution in [0.1, 0.15) is 43.6 Å². The molecule has 1 aliphatic carbocycles. The molecule has 0 spiro atoms. The lowest BCUT2D eigenvalue weighted by molar-refractivity contribution is 0.461.